The van der Waals surface area contributed by atoms with E-state index in [1.54, 1.807) is 38.1 Å². The highest BCUT2D eigenvalue weighted by Gasteiger charge is 2.32. The molecule has 1 atom stereocenters. The maximum atomic E-state index is 12.7. The molecule has 1 aliphatic rings. The number of nitrogens with one attached hydrogen (secondary N) is 3. The van der Waals surface area contributed by atoms with Gasteiger partial charge in [-0.2, -0.15) is 5.10 Å². The van der Waals surface area contributed by atoms with Crippen molar-refractivity contribution in [2.75, 3.05) is 13.2 Å². The molecule has 196 valence electrons. The van der Waals surface area contributed by atoms with Gasteiger partial charge in [-0.05, 0) is 79.0 Å². The molecule has 4 rings (SSSR count). The van der Waals surface area contributed by atoms with Gasteiger partial charge in [0.15, 0.2) is 11.7 Å². The summed E-state index contributed by atoms with van der Waals surface area (Å²) in [4.78, 5) is 25.1. The number of hydrogen-bond donors (Lipinski definition) is 3. The minimum absolute atomic E-state index is 0.233. The number of allylic oxidation sites excluding steroid dienone is 1. The van der Waals surface area contributed by atoms with Crippen LogP contribution >= 0.6 is 34.8 Å². The molecule has 0 fully saturated rings. The smallest absolute Gasteiger partial charge is 0.338 e. The summed E-state index contributed by atoms with van der Waals surface area (Å²) in [5, 5.41) is 10.4. The molecular formula is C27H25IN4O5S. The van der Waals surface area contributed by atoms with Crippen LogP contribution in [0, 0.1) is 3.57 Å². The molecule has 2 heterocycles. The van der Waals surface area contributed by atoms with Gasteiger partial charge < -0.3 is 24.5 Å². The van der Waals surface area contributed by atoms with E-state index in [0.29, 0.717) is 39.2 Å². The largest absolute Gasteiger partial charge is 0.483 e. The maximum Gasteiger partial charge on any atom is 0.338 e. The van der Waals surface area contributed by atoms with Gasteiger partial charge in [0.1, 0.15) is 17.3 Å². The van der Waals surface area contributed by atoms with Crippen LogP contribution in [0.2, 0.25) is 0 Å². The summed E-state index contributed by atoms with van der Waals surface area (Å²) < 4.78 is 17.9. The Hall–Kier alpha value is -3.71. The van der Waals surface area contributed by atoms with Gasteiger partial charge >= 0.3 is 5.97 Å². The van der Waals surface area contributed by atoms with Crippen molar-refractivity contribution in [3.8, 4) is 17.1 Å². The molecule has 2 aromatic carbocycles. The Morgan fingerprint density at radius 1 is 1.16 bits per heavy atom. The molecular weight excluding hydrogens is 619 g/mol. The number of amides is 1. The Balaban J connectivity index is 1.40. The molecule has 0 bridgehead atoms. The highest BCUT2D eigenvalue weighted by molar-refractivity contribution is 14.1. The van der Waals surface area contributed by atoms with Crippen LogP contribution in [0.1, 0.15) is 31.2 Å². The summed E-state index contributed by atoms with van der Waals surface area (Å²) in [6, 6.07) is 18.0. The second-order valence-electron chi connectivity index (χ2n) is 8.12. The Morgan fingerprint density at radius 2 is 1.92 bits per heavy atom. The van der Waals surface area contributed by atoms with Crippen molar-refractivity contribution in [2.45, 2.75) is 19.9 Å². The number of benzene rings is 2. The fourth-order valence-corrected chi connectivity index (χ4v) is 4.42. The maximum absolute atomic E-state index is 12.7. The zero-order valence-electron chi connectivity index (χ0n) is 20.6. The summed E-state index contributed by atoms with van der Waals surface area (Å²) in [5.41, 5.74) is 4.98. The van der Waals surface area contributed by atoms with E-state index in [9.17, 15) is 9.59 Å². The molecule has 1 amide bonds. The van der Waals surface area contributed by atoms with Gasteiger partial charge in [0, 0.05) is 20.4 Å². The van der Waals surface area contributed by atoms with Crippen molar-refractivity contribution >= 4 is 58.0 Å². The number of esters is 1. The fourth-order valence-electron chi connectivity index (χ4n) is 3.79. The summed E-state index contributed by atoms with van der Waals surface area (Å²) >= 11 is 7.54. The van der Waals surface area contributed by atoms with E-state index in [1.807, 2.05) is 36.4 Å². The van der Waals surface area contributed by atoms with Crippen molar-refractivity contribution in [3.05, 3.63) is 86.8 Å². The number of carbonyl (C=O) groups is 2. The summed E-state index contributed by atoms with van der Waals surface area (Å²) in [6.45, 7) is 3.43. The predicted molar refractivity (Wildman–Crippen MR) is 155 cm³/mol. The van der Waals surface area contributed by atoms with Crippen molar-refractivity contribution < 1.29 is 23.5 Å². The van der Waals surface area contributed by atoms with Crippen LogP contribution in [0.15, 0.2) is 81.5 Å². The Labute approximate surface area is 238 Å². The van der Waals surface area contributed by atoms with Crippen LogP contribution in [-0.2, 0) is 14.3 Å². The first-order valence-corrected chi connectivity index (χ1v) is 13.2. The SMILES string of the molecule is CCOC(=O)C1=C(C)NC(=S)N[C@@H]1c1ccccc1OCC(=O)NN=Cc1ccc(-c2ccc(I)cc2)o1. The monoisotopic (exact) mass is 644 g/mol. The summed E-state index contributed by atoms with van der Waals surface area (Å²) in [7, 11) is 0. The Bertz CT molecular complexity index is 1400. The van der Waals surface area contributed by atoms with E-state index in [-0.39, 0.29) is 13.2 Å². The molecule has 0 spiro atoms. The lowest BCUT2D eigenvalue weighted by atomic mass is 9.95. The van der Waals surface area contributed by atoms with Crippen molar-refractivity contribution in [3.63, 3.8) is 0 Å². The highest BCUT2D eigenvalue weighted by Crippen LogP contribution is 2.33. The Kier molecular flexibility index (Phi) is 9.13. The van der Waals surface area contributed by atoms with Gasteiger partial charge in [-0.25, -0.2) is 10.2 Å². The van der Waals surface area contributed by atoms with Gasteiger partial charge in [0.25, 0.3) is 5.91 Å². The van der Waals surface area contributed by atoms with Crippen LogP contribution in [0.5, 0.6) is 5.75 Å². The second kappa shape index (κ2) is 12.7. The molecule has 0 aliphatic carbocycles. The van der Waals surface area contributed by atoms with Gasteiger partial charge in [0.2, 0.25) is 0 Å². The molecule has 0 saturated carbocycles. The quantitative estimate of drug-likeness (QED) is 0.103. The lowest BCUT2D eigenvalue weighted by Gasteiger charge is -2.30. The third-order valence-electron chi connectivity index (χ3n) is 5.49. The van der Waals surface area contributed by atoms with Gasteiger partial charge in [-0.3, -0.25) is 4.79 Å². The molecule has 3 aromatic rings. The molecule has 1 aliphatic heterocycles. The zero-order chi connectivity index (χ0) is 27.1. The van der Waals surface area contributed by atoms with Crippen molar-refractivity contribution in [2.24, 2.45) is 5.10 Å². The normalized spacial score (nSPS) is 15.1. The van der Waals surface area contributed by atoms with Crippen molar-refractivity contribution in [1.29, 1.82) is 0 Å². The molecule has 1 aromatic heterocycles. The zero-order valence-corrected chi connectivity index (χ0v) is 23.6. The van der Waals surface area contributed by atoms with Gasteiger partial charge in [-0.1, -0.05) is 30.3 Å². The van der Waals surface area contributed by atoms with Crippen molar-refractivity contribution in [1.82, 2.24) is 16.1 Å². The number of furan rings is 1. The van der Waals surface area contributed by atoms with E-state index in [4.69, 9.17) is 26.1 Å². The molecule has 11 heteroatoms. The number of ether oxygens (including phenoxy) is 2. The number of para-hydroxylation sites is 1. The second-order valence-corrected chi connectivity index (χ2v) is 9.77. The van der Waals surface area contributed by atoms with Gasteiger partial charge in [0.05, 0.1) is 24.4 Å². The Morgan fingerprint density at radius 3 is 2.68 bits per heavy atom. The number of hydrazone groups is 1. The number of carbonyl (C=O) groups excluding carboxylic acids is 2. The predicted octanol–water partition coefficient (Wildman–Crippen LogP) is 4.44. The first kappa shape index (κ1) is 27.3. The molecule has 9 nitrogen and oxygen atoms in total. The van der Waals surface area contributed by atoms with Crippen LogP contribution < -0.4 is 20.8 Å². The van der Waals surface area contributed by atoms with E-state index in [2.05, 4.69) is 43.8 Å². The van der Waals surface area contributed by atoms with E-state index in [1.165, 1.54) is 6.21 Å². The molecule has 38 heavy (non-hydrogen) atoms. The first-order valence-electron chi connectivity index (χ1n) is 11.7. The van der Waals surface area contributed by atoms with Gasteiger partial charge in [-0.15, -0.1) is 0 Å². The number of rotatable bonds is 9. The standard InChI is InChI=1S/C27H25IN4O5S/c1-3-35-26(34)24-16(2)30-27(38)31-25(24)20-6-4-5-7-22(20)36-15-23(33)32-29-14-19-12-13-21(37-19)17-8-10-18(28)11-9-17/h4-14,25H,3,15H2,1-2H3,(H,32,33)(H2,30,31,38)/t25-/m1/s1. The topological polar surface area (TPSA) is 114 Å². The summed E-state index contributed by atoms with van der Waals surface area (Å²) in [5.74, 6) is 0.670. The lowest BCUT2D eigenvalue weighted by molar-refractivity contribution is -0.139. The number of nitrogens with zero attached hydrogens (tertiary/aromatic N) is 1. The van der Waals surface area contributed by atoms with E-state index in [0.717, 1.165) is 9.13 Å². The average Bonchev–Trinajstić information content (AvgIpc) is 3.36. The molecule has 0 radical (unpaired) electrons. The number of hydrogen-bond acceptors (Lipinski definition) is 7. The molecule has 0 saturated heterocycles. The third kappa shape index (κ3) is 6.78. The van der Waals surface area contributed by atoms with Crippen LogP contribution in [-0.4, -0.2) is 36.4 Å². The molecule has 3 N–H and O–H groups in total. The first-order chi connectivity index (χ1) is 18.4. The van der Waals surface area contributed by atoms with E-state index >= 15 is 0 Å². The van der Waals surface area contributed by atoms with Crippen LogP contribution in [0.4, 0.5) is 0 Å². The van der Waals surface area contributed by atoms with Crippen LogP contribution in [0.3, 0.4) is 0 Å². The lowest BCUT2D eigenvalue weighted by Crippen LogP contribution is -2.45. The average molecular weight is 644 g/mol. The van der Waals surface area contributed by atoms with E-state index < -0.39 is 17.9 Å². The fraction of sp³-hybridized carbons (Fsp3) is 0.185. The summed E-state index contributed by atoms with van der Waals surface area (Å²) in [6.07, 6.45) is 1.42. The number of thiocarbonyl (C=S) groups is 1. The number of halogens is 1. The minimum Gasteiger partial charge on any atom is -0.483 e. The minimum atomic E-state index is -0.610. The molecule has 0 unspecified atom stereocenters. The third-order valence-corrected chi connectivity index (χ3v) is 6.43. The van der Waals surface area contributed by atoms with Crippen LogP contribution in [0.25, 0.3) is 11.3 Å². The highest BCUT2D eigenvalue weighted by atomic mass is 127.